The fourth-order valence-electron chi connectivity index (χ4n) is 6.18. The van der Waals surface area contributed by atoms with E-state index in [2.05, 4.69) is 0 Å². The van der Waals surface area contributed by atoms with Crippen LogP contribution in [0.1, 0.15) is 49.5 Å². The largest absolute Gasteiger partial charge is 0.508 e. The summed E-state index contributed by atoms with van der Waals surface area (Å²) < 4.78 is 87.0. The van der Waals surface area contributed by atoms with Crippen molar-refractivity contribution in [3.05, 3.63) is 70.2 Å². The first-order valence-electron chi connectivity index (χ1n) is 12.6. The van der Waals surface area contributed by atoms with Gasteiger partial charge in [0.1, 0.15) is 5.75 Å². The van der Waals surface area contributed by atoms with Crippen LogP contribution in [0.5, 0.6) is 5.75 Å². The second-order valence-corrected chi connectivity index (χ2v) is 10.6. The van der Waals surface area contributed by atoms with Crippen LogP contribution in [0, 0.1) is 23.7 Å². The molecular formula is C27H24BF6NO5. The molecule has 6 nitrogen and oxygen atoms in total. The standard InChI is InChI=1S/C27H24BF6NO5/c1-12(2)17-10-19-22(18-11-21(40-28(39)23(17)18)16-5-3-4-6-20(16)36)25(38)35(24(19)37)15-8-13(26(29,30)31)7-14(9-15)27(32,33)34/h3-9,12,18-19,21-22,36,39H,10-11H2,1-2H3/t18-,19-,21-,22+/m0/s1. The molecule has 0 saturated carbocycles. The number of nitrogens with zero attached hydrogens (tertiary/aromatic N) is 1. The van der Waals surface area contributed by atoms with Crippen LogP contribution >= 0.6 is 0 Å². The highest BCUT2D eigenvalue weighted by Crippen LogP contribution is 2.54. The van der Waals surface area contributed by atoms with Crippen LogP contribution in [-0.2, 0) is 26.6 Å². The number of amides is 2. The SMILES string of the molecule is CC(C)C1=C2B(O)O[C@H](c3ccccc3O)C[C@H]2[C@H]2C(=O)N(c3cc(C(F)(F)F)cc(C(F)(F)F)c3)C(=O)[C@H]2C1. The summed E-state index contributed by atoms with van der Waals surface area (Å²) in [5.74, 6) is -5.20. The fraction of sp³-hybridized carbons (Fsp3) is 0.407. The summed E-state index contributed by atoms with van der Waals surface area (Å²) in [6, 6.07) is 6.87. The van der Waals surface area contributed by atoms with E-state index in [9.17, 15) is 46.1 Å². The van der Waals surface area contributed by atoms with Crippen LogP contribution in [0.25, 0.3) is 0 Å². The molecule has 40 heavy (non-hydrogen) atoms. The summed E-state index contributed by atoms with van der Waals surface area (Å²) >= 11 is 0. The fourth-order valence-corrected chi connectivity index (χ4v) is 6.18. The number of hydrogen-bond donors (Lipinski definition) is 2. The van der Waals surface area contributed by atoms with Crippen LogP contribution in [0.4, 0.5) is 32.0 Å². The number of fused-ring (bicyclic) bond motifs is 3. The van der Waals surface area contributed by atoms with Crippen LogP contribution in [0.3, 0.4) is 0 Å². The first-order valence-corrected chi connectivity index (χ1v) is 12.6. The molecule has 13 heteroatoms. The van der Waals surface area contributed by atoms with Crippen molar-refractivity contribution in [1.29, 1.82) is 0 Å². The van der Waals surface area contributed by atoms with Crippen molar-refractivity contribution >= 4 is 24.6 Å². The van der Waals surface area contributed by atoms with E-state index in [1.165, 1.54) is 6.07 Å². The van der Waals surface area contributed by atoms with Gasteiger partial charge in [0, 0.05) is 5.56 Å². The maximum Gasteiger partial charge on any atom is 0.487 e. The summed E-state index contributed by atoms with van der Waals surface area (Å²) in [5, 5.41) is 21.4. The maximum atomic E-state index is 13.8. The van der Waals surface area contributed by atoms with Gasteiger partial charge < -0.3 is 14.8 Å². The van der Waals surface area contributed by atoms with Gasteiger partial charge in [-0.05, 0) is 54.4 Å². The van der Waals surface area contributed by atoms with E-state index < -0.39 is 72.0 Å². The molecular weight excluding hydrogens is 543 g/mol. The van der Waals surface area contributed by atoms with E-state index in [0.717, 1.165) is 0 Å². The predicted molar refractivity (Wildman–Crippen MR) is 130 cm³/mol. The zero-order chi connectivity index (χ0) is 29.3. The second-order valence-electron chi connectivity index (χ2n) is 10.6. The van der Waals surface area contributed by atoms with Gasteiger partial charge in [-0.3, -0.25) is 9.59 Å². The Morgan fingerprint density at radius 1 is 0.950 bits per heavy atom. The summed E-state index contributed by atoms with van der Waals surface area (Å²) in [6.07, 6.45) is -11.2. The van der Waals surface area contributed by atoms with Crippen molar-refractivity contribution in [1.82, 2.24) is 0 Å². The van der Waals surface area contributed by atoms with Gasteiger partial charge in [0.05, 0.1) is 34.8 Å². The third kappa shape index (κ3) is 4.68. The highest BCUT2D eigenvalue weighted by molar-refractivity contribution is 6.53. The van der Waals surface area contributed by atoms with E-state index in [4.69, 9.17) is 4.65 Å². The van der Waals surface area contributed by atoms with Gasteiger partial charge in [-0.15, -0.1) is 0 Å². The highest BCUT2D eigenvalue weighted by atomic mass is 19.4. The number of halogens is 6. The zero-order valence-corrected chi connectivity index (χ0v) is 21.3. The van der Waals surface area contributed by atoms with Gasteiger partial charge in [-0.1, -0.05) is 37.6 Å². The molecule has 1 aliphatic carbocycles. The molecule has 5 rings (SSSR count). The Morgan fingerprint density at radius 3 is 2.10 bits per heavy atom. The highest BCUT2D eigenvalue weighted by Gasteiger charge is 2.58. The summed E-state index contributed by atoms with van der Waals surface area (Å²) in [6.45, 7) is 3.62. The average Bonchev–Trinajstić information content (AvgIpc) is 3.12. The van der Waals surface area contributed by atoms with Crippen molar-refractivity contribution in [2.24, 2.45) is 23.7 Å². The van der Waals surface area contributed by atoms with Gasteiger partial charge in [0.25, 0.3) is 0 Å². The van der Waals surface area contributed by atoms with Crippen molar-refractivity contribution in [2.75, 3.05) is 4.90 Å². The molecule has 0 bridgehead atoms. The number of anilines is 1. The number of hydrogen-bond acceptors (Lipinski definition) is 5. The Bertz CT molecular complexity index is 1370. The number of carbonyl (C=O) groups excluding carboxylic acids is 2. The molecule has 2 aliphatic heterocycles. The molecule has 2 N–H and O–H groups in total. The maximum absolute atomic E-state index is 13.8. The van der Waals surface area contributed by atoms with E-state index in [1.807, 2.05) is 13.8 Å². The normalized spacial score (nSPS) is 25.6. The molecule has 4 atom stereocenters. The van der Waals surface area contributed by atoms with E-state index in [1.54, 1.807) is 18.2 Å². The molecule has 212 valence electrons. The van der Waals surface area contributed by atoms with Crippen LogP contribution in [-0.4, -0.2) is 29.1 Å². The first kappa shape index (κ1) is 28.2. The van der Waals surface area contributed by atoms with Gasteiger partial charge in [0.2, 0.25) is 11.8 Å². The van der Waals surface area contributed by atoms with Gasteiger partial charge in [0.15, 0.2) is 0 Å². The van der Waals surface area contributed by atoms with Crippen LogP contribution in [0.15, 0.2) is 53.5 Å². The monoisotopic (exact) mass is 567 g/mol. The Balaban J connectivity index is 1.60. The quantitative estimate of drug-likeness (QED) is 0.283. The van der Waals surface area contributed by atoms with Gasteiger partial charge in [-0.2, -0.15) is 26.3 Å². The lowest BCUT2D eigenvalue weighted by atomic mass is 9.54. The van der Waals surface area contributed by atoms with E-state index >= 15 is 0 Å². The lowest BCUT2D eigenvalue weighted by Gasteiger charge is -2.43. The molecule has 2 aromatic carbocycles. The molecule has 2 heterocycles. The number of rotatable bonds is 3. The minimum absolute atomic E-state index is 0.0119. The summed E-state index contributed by atoms with van der Waals surface area (Å²) in [5.41, 5.74) is -2.76. The van der Waals surface area contributed by atoms with E-state index in [-0.39, 0.29) is 30.6 Å². The van der Waals surface area contributed by atoms with Crippen molar-refractivity contribution in [3.8, 4) is 5.75 Å². The number of aromatic hydroxyl groups is 1. The number of alkyl halides is 6. The number of phenols is 1. The van der Waals surface area contributed by atoms with Gasteiger partial charge in [-0.25, -0.2) is 4.90 Å². The number of allylic oxidation sites excluding steroid dienone is 2. The molecule has 0 aromatic heterocycles. The zero-order valence-electron chi connectivity index (χ0n) is 21.3. The first-order chi connectivity index (χ1) is 18.6. The van der Waals surface area contributed by atoms with Crippen molar-refractivity contribution < 1.29 is 50.7 Å². The Labute approximate surface area is 225 Å². The average molecular weight is 567 g/mol. The predicted octanol–water partition coefficient (Wildman–Crippen LogP) is 5.69. The topological polar surface area (TPSA) is 87.1 Å². The molecule has 0 unspecified atom stereocenters. The van der Waals surface area contributed by atoms with Crippen LogP contribution in [0.2, 0.25) is 0 Å². The van der Waals surface area contributed by atoms with Crippen molar-refractivity contribution in [2.45, 2.75) is 45.1 Å². The second kappa shape index (κ2) is 9.65. The number of benzene rings is 2. The minimum Gasteiger partial charge on any atom is -0.508 e. The van der Waals surface area contributed by atoms with Gasteiger partial charge >= 0.3 is 19.5 Å². The van der Waals surface area contributed by atoms with E-state index in [0.29, 0.717) is 33.6 Å². The lowest BCUT2D eigenvalue weighted by molar-refractivity contribution is -0.143. The minimum atomic E-state index is -5.16. The third-order valence-corrected chi connectivity index (χ3v) is 7.96. The third-order valence-electron chi connectivity index (χ3n) is 7.96. The Kier molecular flexibility index (Phi) is 6.81. The molecule has 3 aliphatic rings. The molecule has 2 amide bonds. The Morgan fingerprint density at radius 2 is 1.55 bits per heavy atom. The molecule has 2 saturated heterocycles. The van der Waals surface area contributed by atoms with Crippen LogP contribution < -0.4 is 4.90 Å². The summed E-state index contributed by atoms with van der Waals surface area (Å²) in [7, 11) is -1.50. The lowest BCUT2D eigenvalue weighted by Crippen LogP contribution is -2.45. The number of carbonyl (C=O) groups is 2. The number of phenolic OH excluding ortho intramolecular Hbond substituents is 1. The number of imide groups is 1. The molecule has 2 fully saturated rings. The summed E-state index contributed by atoms with van der Waals surface area (Å²) in [4.78, 5) is 27.8. The Hall–Kier alpha value is -3.32. The molecule has 0 spiro atoms. The van der Waals surface area contributed by atoms with Crippen molar-refractivity contribution in [3.63, 3.8) is 0 Å². The molecule has 0 radical (unpaired) electrons. The molecule has 2 aromatic rings. The smallest absolute Gasteiger partial charge is 0.487 e. The number of para-hydroxylation sites is 1.